The summed E-state index contributed by atoms with van der Waals surface area (Å²) in [4.78, 5) is 11.5. The molecular formula is C12H17NO3. The van der Waals surface area contributed by atoms with Gasteiger partial charge in [0, 0.05) is 32.9 Å². The van der Waals surface area contributed by atoms with E-state index in [1.165, 1.54) is 0 Å². The maximum absolute atomic E-state index is 11.5. The van der Waals surface area contributed by atoms with Crippen molar-refractivity contribution in [2.45, 2.75) is 6.42 Å². The van der Waals surface area contributed by atoms with Gasteiger partial charge in [-0.2, -0.15) is 0 Å². The predicted octanol–water partition coefficient (Wildman–Crippen LogP) is 1.92. The second kappa shape index (κ2) is 6.85. The average molecular weight is 223 g/mol. The number of ether oxygens (including phenoxy) is 2. The molecule has 0 fully saturated rings. The van der Waals surface area contributed by atoms with Gasteiger partial charge < -0.3 is 14.8 Å². The lowest BCUT2D eigenvalue weighted by Gasteiger charge is -2.05. The van der Waals surface area contributed by atoms with Crippen molar-refractivity contribution >= 4 is 11.7 Å². The topological polar surface area (TPSA) is 47.6 Å². The molecule has 16 heavy (non-hydrogen) atoms. The van der Waals surface area contributed by atoms with Crippen LogP contribution in [0.15, 0.2) is 24.3 Å². The Labute approximate surface area is 95.6 Å². The van der Waals surface area contributed by atoms with E-state index >= 15 is 0 Å². The van der Waals surface area contributed by atoms with E-state index in [0.717, 1.165) is 12.1 Å². The Balaban J connectivity index is 2.40. The number of anilines is 1. The van der Waals surface area contributed by atoms with Crippen molar-refractivity contribution in [2.24, 2.45) is 0 Å². The van der Waals surface area contributed by atoms with Crippen LogP contribution in [0.1, 0.15) is 16.8 Å². The van der Waals surface area contributed by atoms with Gasteiger partial charge in [-0.1, -0.05) is 0 Å². The first-order valence-corrected chi connectivity index (χ1v) is 5.22. The van der Waals surface area contributed by atoms with Gasteiger partial charge in [0.05, 0.1) is 12.2 Å². The van der Waals surface area contributed by atoms with Crippen LogP contribution in [0.25, 0.3) is 0 Å². The molecule has 1 N–H and O–H groups in total. The zero-order valence-electron chi connectivity index (χ0n) is 9.66. The van der Waals surface area contributed by atoms with Crippen molar-refractivity contribution in [3.05, 3.63) is 29.8 Å². The van der Waals surface area contributed by atoms with E-state index in [0.29, 0.717) is 18.8 Å². The summed E-state index contributed by atoms with van der Waals surface area (Å²) in [6, 6.07) is 7.16. The third kappa shape index (κ3) is 3.90. The number of methoxy groups -OCH3 is 1. The minimum atomic E-state index is -0.293. The monoisotopic (exact) mass is 223 g/mol. The van der Waals surface area contributed by atoms with E-state index in [1.807, 2.05) is 19.2 Å². The Morgan fingerprint density at radius 3 is 2.50 bits per heavy atom. The van der Waals surface area contributed by atoms with E-state index in [9.17, 15) is 4.79 Å². The molecule has 88 valence electrons. The molecule has 1 rings (SSSR count). The normalized spacial score (nSPS) is 9.88. The summed E-state index contributed by atoms with van der Waals surface area (Å²) in [6.45, 7) is 0.992. The number of carbonyl (C=O) groups is 1. The highest BCUT2D eigenvalue weighted by Crippen LogP contribution is 2.09. The van der Waals surface area contributed by atoms with Crippen LogP contribution in [0.5, 0.6) is 0 Å². The number of nitrogens with one attached hydrogen (secondary N) is 1. The molecule has 1 aromatic carbocycles. The Bertz CT molecular complexity index is 322. The predicted molar refractivity (Wildman–Crippen MR) is 62.8 cm³/mol. The molecule has 0 aliphatic rings. The van der Waals surface area contributed by atoms with Gasteiger partial charge in [0.25, 0.3) is 0 Å². The van der Waals surface area contributed by atoms with Crippen LogP contribution in [0, 0.1) is 0 Å². The molecule has 1 aromatic rings. The van der Waals surface area contributed by atoms with Crippen LogP contribution >= 0.6 is 0 Å². The van der Waals surface area contributed by atoms with Crippen LogP contribution in [0.3, 0.4) is 0 Å². The number of carbonyl (C=O) groups excluding carboxylic acids is 1. The Morgan fingerprint density at radius 2 is 1.94 bits per heavy atom. The van der Waals surface area contributed by atoms with Crippen LogP contribution in [-0.2, 0) is 9.47 Å². The van der Waals surface area contributed by atoms with Crippen molar-refractivity contribution in [2.75, 3.05) is 32.7 Å². The smallest absolute Gasteiger partial charge is 0.338 e. The first kappa shape index (κ1) is 12.5. The summed E-state index contributed by atoms with van der Waals surface area (Å²) in [5.74, 6) is -0.293. The van der Waals surface area contributed by atoms with Crippen molar-refractivity contribution in [1.82, 2.24) is 0 Å². The molecule has 0 aliphatic carbocycles. The van der Waals surface area contributed by atoms with Gasteiger partial charge in [-0.3, -0.25) is 0 Å². The van der Waals surface area contributed by atoms with E-state index in [2.05, 4.69) is 5.32 Å². The molecule has 0 aromatic heterocycles. The molecule has 0 spiro atoms. The molecule has 0 heterocycles. The summed E-state index contributed by atoms with van der Waals surface area (Å²) in [5, 5.41) is 2.98. The summed E-state index contributed by atoms with van der Waals surface area (Å²) in [5.41, 5.74) is 1.53. The number of hydrogen-bond acceptors (Lipinski definition) is 4. The molecule has 4 heteroatoms. The first-order chi connectivity index (χ1) is 7.77. The highest BCUT2D eigenvalue weighted by atomic mass is 16.5. The first-order valence-electron chi connectivity index (χ1n) is 5.22. The molecule has 4 nitrogen and oxygen atoms in total. The minimum Gasteiger partial charge on any atom is -0.462 e. The third-order valence-electron chi connectivity index (χ3n) is 2.14. The average Bonchev–Trinajstić information content (AvgIpc) is 2.34. The third-order valence-corrected chi connectivity index (χ3v) is 2.14. The molecule has 0 atom stereocenters. The van der Waals surface area contributed by atoms with Gasteiger partial charge in [-0.25, -0.2) is 4.79 Å². The minimum absolute atomic E-state index is 0.293. The van der Waals surface area contributed by atoms with Crippen molar-refractivity contribution in [3.8, 4) is 0 Å². The summed E-state index contributed by atoms with van der Waals surface area (Å²) < 4.78 is 9.92. The lowest BCUT2D eigenvalue weighted by atomic mass is 10.2. The zero-order valence-corrected chi connectivity index (χ0v) is 9.66. The van der Waals surface area contributed by atoms with Crippen LogP contribution < -0.4 is 5.32 Å². The fourth-order valence-corrected chi connectivity index (χ4v) is 1.22. The van der Waals surface area contributed by atoms with Crippen molar-refractivity contribution in [3.63, 3.8) is 0 Å². The molecular weight excluding hydrogens is 206 g/mol. The van der Waals surface area contributed by atoms with Crippen LogP contribution in [0.4, 0.5) is 5.69 Å². The fraction of sp³-hybridized carbons (Fsp3) is 0.417. The maximum Gasteiger partial charge on any atom is 0.338 e. The lowest BCUT2D eigenvalue weighted by Crippen LogP contribution is -2.07. The lowest BCUT2D eigenvalue weighted by molar-refractivity contribution is 0.0468. The molecule has 0 aliphatic heterocycles. The Morgan fingerprint density at radius 1 is 1.25 bits per heavy atom. The Hall–Kier alpha value is -1.55. The van der Waals surface area contributed by atoms with Crippen LogP contribution in [0.2, 0.25) is 0 Å². The van der Waals surface area contributed by atoms with Gasteiger partial charge in [0.1, 0.15) is 0 Å². The fourth-order valence-electron chi connectivity index (χ4n) is 1.22. The number of hydrogen-bond donors (Lipinski definition) is 1. The zero-order chi connectivity index (χ0) is 11.8. The summed E-state index contributed by atoms with van der Waals surface area (Å²) >= 11 is 0. The van der Waals surface area contributed by atoms with Gasteiger partial charge in [0.15, 0.2) is 0 Å². The van der Waals surface area contributed by atoms with Gasteiger partial charge in [-0.15, -0.1) is 0 Å². The van der Waals surface area contributed by atoms with Crippen molar-refractivity contribution in [1.29, 1.82) is 0 Å². The standard InChI is InChI=1S/C12H17NO3/c1-13-11-6-4-10(5-7-11)12(14)16-9-3-8-15-2/h4-7,13H,3,8-9H2,1-2H3. The highest BCUT2D eigenvalue weighted by Gasteiger charge is 2.05. The van der Waals surface area contributed by atoms with E-state index in [-0.39, 0.29) is 5.97 Å². The van der Waals surface area contributed by atoms with Gasteiger partial charge in [-0.05, 0) is 24.3 Å². The molecule has 0 saturated carbocycles. The highest BCUT2D eigenvalue weighted by molar-refractivity contribution is 5.89. The summed E-state index contributed by atoms with van der Waals surface area (Å²) in [6.07, 6.45) is 0.719. The number of esters is 1. The van der Waals surface area contributed by atoms with Crippen molar-refractivity contribution < 1.29 is 14.3 Å². The SMILES string of the molecule is CNc1ccc(C(=O)OCCCOC)cc1. The molecule has 0 saturated heterocycles. The maximum atomic E-state index is 11.5. The van der Waals surface area contributed by atoms with E-state index in [4.69, 9.17) is 9.47 Å². The second-order valence-corrected chi connectivity index (χ2v) is 3.31. The van der Waals surface area contributed by atoms with Crippen LogP contribution in [-0.4, -0.2) is 33.3 Å². The van der Waals surface area contributed by atoms with Gasteiger partial charge >= 0.3 is 5.97 Å². The largest absolute Gasteiger partial charge is 0.462 e. The number of benzene rings is 1. The Kier molecular flexibility index (Phi) is 5.36. The van der Waals surface area contributed by atoms with E-state index < -0.39 is 0 Å². The molecule has 0 bridgehead atoms. The second-order valence-electron chi connectivity index (χ2n) is 3.31. The van der Waals surface area contributed by atoms with E-state index in [1.54, 1.807) is 19.2 Å². The number of rotatable bonds is 6. The van der Waals surface area contributed by atoms with Gasteiger partial charge in [0.2, 0.25) is 0 Å². The summed E-state index contributed by atoms with van der Waals surface area (Å²) in [7, 11) is 3.45. The molecule has 0 radical (unpaired) electrons. The molecule has 0 unspecified atom stereocenters. The molecule has 0 amide bonds. The quantitative estimate of drug-likeness (QED) is 0.591.